The molecule has 0 radical (unpaired) electrons. The number of amides is 2. The standard InChI is InChI=1S/C31H34N4O2/c1-23-13-11-12-18-26(23)35-28(20-27(33-35)31(2,3)4)32-29(36)22-34(21-25-16-9-6-10-17-25)30(37)19-24-14-7-5-8-15-24/h5-18,20H,19,21-22H2,1-4H3,(H,32,36). The van der Waals surface area contributed by atoms with Crippen LogP contribution in [0.1, 0.15) is 43.2 Å². The van der Waals surface area contributed by atoms with Gasteiger partial charge < -0.3 is 10.2 Å². The van der Waals surface area contributed by atoms with Gasteiger partial charge in [-0.05, 0) is 29.7 Å². The van der Waals surface area contributed by atoms with Crippen molar-refractivity contribution < 1.29 is 9.59 Å². The summed E-state index contributed by atoms with van der Waals surface area (Å²) < 4.78 is 1.78. The second-order valence-electron chi connectivity index (χ2n) is 10.3. The van der Waals surface area contributed by atoms with E-state index in [2.05, 4.69) is 26.1 Å². The predicted molar refractivity (Wildman–Crippen MR) is 148 cm³/mol. The molecule has 2 amide bonds. The minimum Gasteiger partial charge on any atom is -0.329 e. The molecule has 190 valence electrons. The molecule has 1 heterocycles. The van der Waals surface area contributed by atoms with Crippen LogP contribution in [0.3, 0.4) is 0 Å². The molecule has 0 aliphatic carbocycles. The van der Waals surface area contributed by atoms with E-state index >= 15 is 0 Å². The highest BCUT2D eigenvalue weighted by Gasteiger charge is 2.24. The summed E-state index contributed by atoms with van der Waals surface area (Å²) in [6.45, 7) is 8.57. The van der Waals surface area contributed by atoms with Crippen molar-refractivity contribution in [2.45, 2.75) is 46.1 Å². The molecule has 0 bridgehead atoms. The molecule has 0 saturated carbocycles. The van der Waals surface area contributed by atoms with Crippen LogP contribution in [0.4, 0.5) is 5.82 Å². The van der Waals surface area contributed by atoms with E-state index in [1.165, 1.54) is 0 Å². The summed E-state index contributed by atoms with van der Waals surface area (Å²) in [5.74, 6) is 0.208. The zero-order chi connectivity index (χ0) is 26.4. The zero-order valence-electron chi connectivity index (χ0n) is 21.9. The topological polar surface area (TPSA) is 67.2 Å². The number of aromatic nitrogens is 2. The quantitative estimate of drug-likeness (QED) is 0.342. The Kier molecular flexibility index (Phi) is 7.87. The lowest BCUT2D eigenvalue weighted by Crippen LogP contribution is -2.38. The van der Waals surface area contributed by atoms with Gasteiger partial charge in [-0.15, -0.1) is 0 Å². The number of para-hydroxylation sites is 1. The minimum absolute atomic E-state index is 0.0651. The van der Waals surface area contributed by atoms with E-state index in [-0.39, 0.29) is 30.2 Å². The minimum atomic E-state index is -0.271. The number of carbonyl (C=O) groups excluding carboxylic acids is 2. The van der Waals surface area contributed by atoms with Gasteiger partial charge in [0.2, 0.25) is 11.8 Å². The highest BCUT2D eigenvalue weighted by atomic mass is 16.2. The molecule has 37 heavy (non-hydrogen) atoms. The Balaban J connectivity index is 1.59. The molecule has 6 nitrogen and oxygen atoms in total. The van der Waals surface area contributed by atoms with Crippen molar-refractivity contribution in [2.24, 2.45) is 0 Å². The van der Waals surface area contributed by atoms with Crippen LogP contribution in [0, 0.1) is 6.92 Å². The molecule has 4 rings (SSSR count). The van der Waals surface area contributed by atoms with Crippen LogP contribution in [0.25, 0.3) is 5.69 Å². The molecule has 0 unspecified atom stereocenters. The molecule has 3 aromatic carbocycles. The van der Waals surface area contributed by atoms with E-state index in [0.29, 0.717) is 12.4 Å². The highest BCUT2D eigenvalue weighted by molar-refractivity contribution is 5.94. The van der Waals surface area contributed by atoms with E-state index in [4.69, 9.17) is 5.10 Å². The third kappa shape index (κ3) is 6.73. The van der Waals surface area contributed by atoms with Crippen molar-refractivity contribution in [3.8, 4) is 5.69 Å². The average Bonchev–Trinajstić information content (AvgIpc) is 3.29. The normalized spacial score (nSPS) is 11.2. The first-order valence-corrected chi connectivity index (χ1v) is 12.5. The van der Waals surface area contributed by atoms with Crippen LogP contribution in [-0.4, -0.2) is 33.0 Å². The summed E-state index contributed by atoms with van der Waals surface area (Å²) in [7, 11) is 0. The van der Waals surface area contributed by atoms with Crippen LogP contribution < -0.4 is 5.32 Å². The summed E-state index contributed by atoms with van der Waals surface area (Å²) in [6.07, 6.45) is 0.232. The number of hydrogen-bond acceptors (Lipinski definition) is 3. The maximum atomic E-state index is 13.4. The number of rotatable bonds is 8. The second-order valence-corrected chi connectivity index (χ2v) is 10.3. The van der Waals surface area contributed by atoms with E-state index < -0.39 is 0 Å². The first-order chi connectivity index (χ1) is 17.7. The van der Waals surface area contributed by atoms with Gasteiger partial charge in [-0.25, -0.2) is 4.68 Å². The number of carbonyl (C=O) groups is 2. The van der Waals surface area contributed by atoms with Gasteiger partial charge in [0.15, 0.2) is 0 Å². The van der Waals surface area contributed by atoms with Crippen molar-refractivity contribution in [1.29, 1.82) is 0 Å². The fourth-order valence-corrected chi connectivity index (χ4v) is 4.10. The van der Waals surface area contributed by atoms with Crippen LogP contribution in [0.5, 0.6) is 0 Å². The Bertz CT molecular complexity index is 1350. The lowest BCUT2D eigenvalue weighted by molar-refractivity contribution is -0.134. The number of nitrogens with one attached hydrogen (secondary N) is 1. The molecule has 0 aliphatic heterocycles. The maximum absolute atomic E-state index is 13.4. The summed E-state index contributed by atoms with van der Waals surface area (Å²) in [6, 6.07) is 29.2. The average molecular weight is 495 g/mol. The second kappa shape index (κ2) is 11.2. The highest BCUT2D eigenvalue weighted by Crippen LogP contribution is 2.27. The van der Waals surface area contributed by atoms with Crippen molar-refractivity contribution in [3.63, 3.8) is 0 Å². The molecule has 0 saturated heterocycles. The molecular formula is C31H34N4O2. The van der Waals surface area contributed by atoms with Gasteiger partial charge >= 0.3 is 0 Å². The predicted octanol–water partition coefficient (Wildman–Crippen LogP) is 5.69. The molecule has 0 atom stereocenters. The van der Waals surface area contributed by atoms with E-state index in [1.54, 1.807) is 9.58 Å². The largest absolute Gasteiger partial charge is 0.329 e. The van der Waals surface area contributed by atoms with Crippen molar-refractivity contribution >= 4 is 17.6 Å². The van der Waals surface area contributed by atoms with Gasteiger partial charge in [0.1, 0.15) is 12.4 Å². The Morgan fingerprint density at radius 3 is 2.08 bits per heavy atom. The zero-order valence-corrected chi connectivity index (χ0v) is 21.9. The summed E-state index contributed by atoms with van der Waals surface area (Å²) in [5.41, 5.74) is 4.50. The van der Waals surface area contributed by atoms with Crippen LogP contribution >= 0.6 is 0 Å². The van der Waals surface area contributed by atoms with Crippen molar-refractivity contribution in [1.82, 2.24) is 14.7 Å². The summed E-state index contributed by atoms with van der Waals surface area (Å²) >= 11 is 0. The Morgan fingerprint density at radius 1 is 0.865 bits per heavy atom. The lowest BCUT2D eigenvalue weighted by Gasteiger charge is -2.23. The van der Waals surface area contributed by atoms with Crippen LogP contribution in [0.15, 0.2) is 91.0 Å². The molecule has 4 aromatic rings. The Morgan fingerprint density at radius 2 is 1.46 bits per heavy atom. The third-order valence-electron chi connectivity index (χ3n) is 6.19. The molecule has 0 spiro atoms. The Labute approximate surface area is 218 Å². The van der Waals surface area contributed by atoms with Gasteiger partial charge in [-0.1, -0.05) is 99.6 Å². The number of benzene rings is 3. The first kappa shape index (κ1) is 25.9. The van der Waals surface area contributed by atoms with Gasteiger partial charge in [0.05, 0.1) is 17.8 Å². The first-order valence-electron chi connectivity index (χ1n) is 12.5. The lowest BCUT2D eigenvalue weighted by atomic mass is 9.92. The van der Waals surface area contributed by atoms with Crippen molar-refractivity contribution in [3.05, 3.63) is 113 Å². The number of anilines is 1. The summed E-state index contributed by atoms with van der Waals surface area (Å²) in [4.78, 5) is 28.3. The molecule has 1 aromatic heterocycles. The maximum Gasteiger partial charge on any atom is 0.245 e. The molecule has 0 aliphatic rings. The van der Waals surface area contributed by atoms with Crippen LogP contribution in [-0.2, 0) is 28.0 Å². The number of hydrogen-bond donors (Lipinski definition) is 1. The Hall–Kier alpha value is -4.19. The molecule has 1 N–H and O–H groups in total. The van der Waals surface area contributed by atoms with Gasteiger partial charge in [0, 0.05) is 18.0 Å². The van der Waals surface area contributed by atoms with E-state index in [0.717, 1.165) is 28.1 Å². The molecule has 0 fully saturated rings. The fraction of sp³-hybridized carbons (Fsp3) is 0.258. The third-order valence-corrected chi connectivity index (χ3v) is 6.19. The summed E-state index contributed by atoms with van der Waals surface area (Å²) in [5, 5.41) is 7.86. The monoisotopic (exact) mass is 494 g/mol. The van der Waals surface area contributed by atoms with Crippen molar-refractivity contribution in [2.75, 3.05) is 11.9 Å². The molecule has 6 heteroatoms. The van der Waals surface area contributed by atoms with Crippen LogP contribution in [0.2, 0.25) is 0 Å². The van der Waals surface area contributed by atoms with E-state index in [9.17, 15) is 9.59 Å². The SMILES string of the molecule is Cc1ccccc1-n1nc(C(C)(C)C)cc1NC(=O)CN(Cc1ccccc1)C(=O)Cc1ccccc1. The molecular weight excluding hydrogens is 460 g/mol. The number of nitrogens with zero attached hydrogens (tertiary/aromatic N) is 3. The number of aryl methyl sites for hydroxylation is 1. The fourth-order valence-electron chi connectivity index (χ4n) is 4.10. The smallest absolute Gasteiger partial charge is 0.245 e. The van der Waals surface area contributed by atoms with Gasteiger partial charge in [0.25, 0.3) is 0 Å². The van der Waals surface area contributed by atoms with Gasteiger partial charge in [-0.3, -0.25) is 9.59 Å². The van der Waals surface area contributed by atoms with Gasteiger partial charge in [-0.2, -0.15) is 5.10 Å². The van der Waals surface area contributed by atoms with E-state index in [1.807, 2.05) is 97.9 Å².